The molecule has 2 aliphatic rings. The summed E-state index contributed by atoms with van der Waals surface area (Å²) in [5.41, 5.74) is 0.102. The molecule has 0 radical (unpaired) electrons. The molecule has 2 atom stereocenters. The number of hydrogen-bond acceptors (Lipinski definition) is 11. The lowest BCUT2D eigenvalue weighted by Crippen LogP contribution is -2.56. The van der Waals surface area contributed by atoms with Gasteiger partial charge in [0, 0.05) is 50.4 Å². The topological polar surface area (TPSA) is 200 Å². The highest BCUT2D eigenvalue weighted by molar-refractivity contribution is 7.79. The highest BCUT2D eigenvalue weighted by atomic mass is 32.3. The van der Waals surface area contributed by atoms with Crippen LogP contribution >= 0.6 is 0 Å². The Balaban J connectivity index is 0.000000934. The Labute approximate surface area is 252 Å². The van der Waals surface area contributed by atoms with E-state index in [9.17, 15) is 9.59 Å². The summed E-state index contributed by atoms with van der Waals surface area (Å²) in [6.07, 6.45) is 5.33. The van der Waals surface area contributed by atoms with Crippen molar-refractivity contribution in [2.24, 2.45) is 11.8 Å². The van der Waals surface area contributed by atoms with Crippen LogP contribution in [0, 0.1) is 11.8 Å². The van der Waals surface area contributed by atoms with E-state index in [-0.39, 0.29) is 35.1 Å². The molecule has 2 amide bonds. The third kappa shape index (κ3) is 10.8. The normalized spacial score (nSPS) is 19.4. The van der Waals surface area contributed by atoms with Gasteiger partial charge in [-0.25, -0.2) is 15.0 Å². The molecule has 16 heteroatoms. The Bertz CT molecular complexity index is 1300. The first-order chi connectivity index (χ1) is 20.1. The number of anilines is 1. The van der Waals surface area contributed by atoms with Gasteiger partial charge in [-0.05, 0) is 12.3 Å². The standard InChI is InChI=1S/C27H41N7O4.H2O4S/c1-18(2)17-34(20-12-19(13-28-14-20)24(35)33-7-10-37-11-8-33)25(36)21-15-31-26(27(3,4)5)32-23(21)30-16-22-29-6-9-38-22;1-5(2,3)4/h6,9,15,18-20,28H,7-8,10-14,16-17H2,1-5H3,(H,30,31,32);(H2,1,2,3,4)/t19-,20+;/m1./s1. The number of piperidine rings is 1. The molecule has 2 aromatic rings. The summed E-state index contributed by atoms with van der Waals surface area (Å²) in [5, 5.41) is 6.66. The third-order valence-corrected chi connectivity index (χ3v) is 6.84. The largest absolute Gasteiger partial charge is 0.447 e. The molecule has 0 saturated carbocycles. The number of nitrogens with zero attached hydrogens (tertiary/aromatic N) is 5. The molecular formula is C27H43N7O8S. The van der Waals surface area contributed by atoms with Gasteiger partial charge in [0.25, 0.3) is 5.91 Å². The number of carbonyl (C=O) groups excluding carboxylic acids is 2. The van der Waals surface area contributed by atoms with Crippen molar-refractivity contribution in [3.05, 3.63) is 35.9 Å². The fourth-order valence-electron chi connectivity index (χ4n) is 4.87. The van der Waals surface area contributed by atoms with E-state index in [1.54, 1.807) is 12.4 Å². The molecule has 2 saturated heterocycles. The minimum atomic E-state index is -4.67. The van der Waals surface area contributed by atoms with E-state index in [4.69, 9.17) is 31.7 Å². The van der Waals surface area contributed by atoms with E-state index in [0.29, 0.717) is 82.0 Å². The van der Waals surface area contributed by atoms with Crippen LogP contribution in [0.15, 0.2) is 23.1 Å². The molecule has 0 unspecified atom stereocenters. The molecular weight excluding hydrogens is 582 g/mol. The van der Waals surface area contributed by atoms with Gasteiger partial charge in [-0.15, -0.1) is 0 Å². The van der Waals surface area contributed by atoms with E-state index >= 15 is 0 Å². The predicted octanol–water partition coefficient (Wildman–Crippen LogP) is 1.66. The number of morpholine rings is 1. The Hall–Kier alpha value is -3.18. The molecule has 4 rings (SSSR count). The van der Waals surface area contributed by atoms with Crippen LogP contribution in [0.4, 0.5) is 5.82 Å². The Kier molecular flexibility index (Phi) is 12.0. The molecule has 0 spiro atoms. The SMILES string of the molecule is CC(C)CN(C(=O)c1cnc(C(C)(C)C)nc1NCc1ncco1)[C@@H]1CNC[C@H](C(=O)N2CCOCC2)C1.O=S(=O)(O)O. The van der Waals surface area contributed by atoms with Crippen molar-refractivity contribution in [1.29, 1.82) is 0 Å². The third-order valence-electron chi connectivity index (χ3n) is 6.84. The maximum Gasteiger partial charge on any atom is 0.394 e. The van der Waals surface area contributed by atoms with Crippen molar-refractivity contribution in [1.82, 2.24) is 30.1 Å². The van der Waals surface area contributed by atoms with E-state index in [1.807, 2.05) is 30.6 Å². The maximum absolute atomic E-state index is 14.1. The number of rotatable bonds is 8. The molecule has 4 heterocycles. The maximum atomic E-state index is 14.1. The zero-order chi connectivity index (χ0) is 31.8. The smallest absolute Gasteiger partial charge is 0.394 e. The summed E-state index contributed by atoms with van der Waals surface area (Å²) in [4.78, 5) is 44.6. The van der Waals surface area contributed by atoms with Crippen molar-refractivity contribution in [3.8, 4) is 0 Å². The van der Waals surface area contributed by atoms with E-state index in [1.165, 1.54) is 6.26 Å². The molecule has 43 heavy (non-hydrogen) atoms. The highest BCUT2D eigenvalue weighted by Crippen LogP contribution is 2.26. The van der Waals surface area contributed by atoms with Crippen LogP contribution in [0.1, 0.15) is 63.1 Å². The molecule has 2 aromatic heterocycles. The first kappa shape index (κ1) is 34.3. The van der Waals surface area contributed by atoms with Gasteiger partial charge in [-0.3, -0.25) is 18.7 Å². The second-order valence-electron chi connectivity index (χ2n) is 12.0. The lowest BCUT2D eigenvalue weighted by Gasteiger charge is -2.40. The van der Waals surface area contributed by atoms with Crippen molar-refractivity contribution >= 4 is 28.0 Å². The summed E-state index contributed by atoms with van der Waals surface area (Å²) < 4.78 is 42.4. The second-order valence-corrected chi connectivity index (χ2v) is 12.9. The van der Waals surface area contributed by atoms with Crippen LogP contribution in [-0.2, 0) is 31.9 Å². The summed E-state index contributed by atoms with van der Waals surface area (Å²) in [5.74, 6) is 1.62. The van der Waals surface area contributed by atoms with Gasteiger partial charge >= 0.3 is 10.4 Å². The summed E-state index contributed by atoms with van der Waals surface area (Å²) in [6, 6.07) is -0.129. The zero-order valence-corrected chi connectivity index (χ0v) is 26.1. The fraction of sp³-hybridized carbons (Fsp3) is 0.667. The first-order valence-corrected chi connectivity index (χ1v) is 15.6. The van der Waals surface area contributed by atoms with E-state index in [0.717, 1.165) is 0 Å². The Morgan fingerprint density at radius 3 is 2.44 bits per heavy atom. The average molecular weight is 626 g/mol. The molecule has 2 fully saturated rings. The van der Waals surface area contributed by atoms with Crippen LogP contribution in [0.5, 0.6) is 0 Å². The number of aromatic nitrogens is 3. The number of carbonyl (C=O) groups is 2. The van der Waals surface area contributed by atoms with Gasteiger partial charge in [0.05, 0.1) is 31.9 Å². The van der Waals surface area contributed by atoms with Gasteiger partial charge < -0.3 is 29.6 Å². The molecule has 0 bridgehead atoms. The number of oxazole rings is 1. The molecule has 15 nitrogen and oxygen atoms in total. The monoisotopic (exact) mass is 625 g/mol. The van der Waals surface area contributed by atoms with Gasteiger partial charge in [0.2, 0.25) is 11.8 Å². The Morgan fingerprint density at radius 2 is 1.86 bits per heavy atom. The van der Waals surface area contributed by atoms with Crippen LogP contribution < -0.4 is 10.6 Å². The van der Waals surface area contributed by atoms with Gasteiger partial charge in [0.1, 0.15) is 23.5 Å². The van der Waals surface area contributed by atoms with Gasteiger partial charge in [0.15, 0.2) is 0 Å². The molecule has 240 valence electrons. The Morgan fingerprint density at radius 1 is 1.19 bits per heavy atom. The first-order valence-electron chi connectivity index (χ1n) is 14.2. The van der Waals surface area contributed by atoms with Gasteiger partial charge in [-0.1, -0.05) is 34.6 Å². The second kappa shape index (κ2) is 15.0. The minimum Gasteiger partial charge on any atom is -0.447 e. The fourth-order valence-corrected chi connectivity index (χ4v) is 4.87. The highest BCUT2D eigenvalue weighted by Gasteiger charge is 2.36. The van der Waals surface area contributed by atoms with Crippen LogP contribution in [-0.4, -0.2) is 106 Å². The van der Waals surface area contributed by atoms with E-state index < -0.39 is 10.4 Å². The van der Waals surface area contributed by atoms with E-state index in [2.05, 4.69) is 34.4 Å². The summed E-state index contributed by atoms with van der Waals surface area (Å²) >= 11 is 0. The number of amides is 2. The van der Waals surface area contributed by atoms with Crippen molar-refractivity contribution in [2.75, 3.05) is 51.3 Å². The van der Waals surface area contributed by atoms with Crippen LogP contribution in [0.2, 0.25) is 0 Å². The molecule has 4 N–H and O–H groups in total. The average Bonchev–Trinajstić information content (AvgIpc) is 3.47. The zero-order valence-electron chi connectivity index (χ0n) is 25.3. The minimum absolute atomic E-state index is 0.129. The molecule has 0 aromatic carbocycles. The van der Waals surface area contributed by atoms with Crippen molar-refractivity contribution in [3.63, 3.8) is 0 Å². The molecule has 2 aliphatic heterocycles. The summed E-state index contributed by atoms with van der Waals surface area (Å²) in [7, 11) is -4.67. The van der Waals surface area contributed by atoms with Crippen molar-refractivity contribution in [2.45, 2.75) is 59.0 Å². The number of nitrogens with one attached hydrogen (secondary N) is 2. The summed E-state index contributed by atoms with van der Waals surface area (Å²) in [6.45, 7) is 14.8. The number of ether oxygens (including phenoxy) is 1. The molecule has 0 aliphatic carbocycles. The van der Waals surface area contributed by atoms with Crippen LogP contribution in [0.25, 0.3) is 0 Å². The lowest BCUT2D eigenvalue weighted by atomic mass is 9.92. The quantitative estimate of drug-likeness (QED) is 0.309. The predicted molar refractivity (Wildman–Crippen MR) is 157 cm³/mol. The van der Waals surface area contributed by atoms with Crippen molar-refractivity contribution < 1.29 is 36.3 Å². The van der Waals surface area contributed by atoms with Crippen LogP contribution in [0.3, 0.4) is 0 Å². The van der Waals surface area contributed by atoms with Gasteiger partial charge in [-0.2, -0.15) is 8.42 Å². The lowest BCUT2D eigenvalue weighted by molar-refractivity contribution is -0.140. The number of hydrogen-bond donors (Lipinski definition) is 4.